The van der Waals surface area contributed by atoms with Crippen LogP contribution in [0.2, 0.25) is 0 Å². The van der Waals surface area contributed by atoms with Crippen molar-refractivity contribution in [1.29, 1.82) is 0 Å². The zero-order valence-electron chi connectivity index (χ0n) is 17.9. The van der Waals surface area contributed by atoms with Crippen LogP contribution < -0.4 is 9.64 Å². The Bertz CT molecular complexity index is 708. The number of carbonyl (C=O) groups excluding carboxylic acids is 2. The van der Waals surface area contributed by atoms with Crippen LogP contribution in [0.25, 0.3) is 0 Å². The number of amides is 2. The van der Waals surface area contributed by atoms with E-state index in [0.717, 1.165) is 30.0 Å². The molecule has 160 valence electrons. The number of nitrogens with one attached hydrogen (secondary N) is 1. The molecule has 0 aliphatic carbocycles. The minimum absolute atomic E-state index is 0.0137. The lowest BCUT2D eigenvalue weighted by Gasteiger charge is -2.33. The second-order valence-electron chi connectivity index (χ2n) is 8.29. The van der Waals surface area contributed by atoms with Gasteiger partial charge >= 0.3 is 0 Å². The average Bonchev–Trinajstić information content (AvgIpc) is 2.73. The largest absolute Gasteiger partial charge is 0.483 e. The van der Waals surface area contributed by atoms with Crippen molar-refractivity contribution in [1.82, 2.24) is 9.80 Å². The average molecular weight is 405 g/mol. The molecule has 2 saturated heterocycles. The van der Waals surface area contributed by atoms with Crippen molar-refractivity contribution in [3.63, 3.8) is 0 Å². The number of piperazine rings is 1. The lowest BCUT2D eigenvalue weighted by atomic mass is 10.0. The first-order chi connectivity index (χ1) is 13.9. The van der Waals surface area contributed by atoms with Gasteiger partial charge in [-0.25, -0.2) is 0 Å². The summed E-state index contributed by atoms with van der Waals surface area (Å²) in [7, 11) is 0. The molecule has 0 unspecified atom stereocenters. The van der Waals surface area contributed by atoms with Crippen LogP contribution in [0, 0.1) is 6.92 Å². The summed E-state index contributed by atoms with van der Waals surface area (Å²) in [6, 6.07) is 6.15. The van der Waals surface area contributed by atoms with Crippen molar-refractivity contribution in [2.24, 2.45) is 0 Å². The van der Waals surface area contributed by atoms with E-state index in [9.17, 15) is 9.59 Å². The van der Waals surface area contributed by atoms with Gasteiger partial charge in [0, 0.05) is 13.1 Å². The molecule has 29 heavy (non-hydrogen) atoms. The lowest BCUT2D eigenvalue weighted by molar-refractivity contribution is -0.896. The summed E-state index contributed by atoms with van der Waals surface area (Å²) in [4.78, 5) is 30.0. The fourth-order valence-electron chi connectivity index (χ4n) is 3.86. The summed E-state index contributed by atoms with van der Waals surface area (Å²) >= 11 is 0. The maximum atomic E-state index is 12.6. The molecule has 7 nitrogen and oxygen atoms in total. The van der Waals surface area contributed by atoms with Crippen LogP contribution in [-0.4, -0.2) is 87.2 Å². The number of ether oxygens (including phenoxy) is 2. The number of hydrogen-bond acceptors (Lipinski definition) is 4. The molecule has 0 saturated carbocycles. The van der Waals surface area contributed by atoms with E-state index >= 15 is 0 Å². The van der Waals surface area contributed by atoms with Crippen LogP contribution in [0.1, 0.15) is 30.9 Å². The van der Waals surface area contributed by atoms with Crippen LogP contribution in [0.15, 0.2) is 18.2 Å². The number of nitrogens with zero attached hydrogens (tertiary/aromatic N) is 2. The van der Waals surface area contributed by atoms with E-state index < -0.39 is 0 Å². The molecule has 2 amide bonds. The second kappa shape index (κ2) is 10.1. The highest BCUT2D eigenvalue weighted by Crippen LogP contribution is 2.27. The first-order valence-electron chi connectivity index (χ1n) is 10.6. The molecular formula is C22H34N3O4+. The summed E-state index contributed by atoms with van der Waals surface area (Å²) < 4.78 is 11.2. The maximum Gasteiger partial charge on any atom is 0.277 e. The van der Waals surface area contributed by atoms with Crippen LogP contribution >= 0.6 is 0 Å². The molecule has 2 fully saturated rings. The molecule has 7 heteroatoms. The molecule has 3 rings (SSSR count). The summed E-state index contributed by atoms with van der Waals surface area (Å²) in [5.41, 5.74) is 2.25. The van der Waals surface area contributed by atoms with Crippen LogP contribution in [-0.2, 0) is 14.3 Å². The minimum atomic E-state index is 0.0137. The Labute approximate surface area is 173 Å². The Hall–Kier alpha value is -2.12. The zero-order valence-corrected chi connectivity index (χ0v) is 17.9. The van der Waals surface area contributed by atoms with E-state index in [4.69, 9.17) is 9.47 Å². The summed E-state index contributed by atoms with van der Waals surface area (Å²) in [6.45, 7) is 12.4. The Morgan fingerprint density at radius 1 is 1.07 bits per heavy atom. The topological polar surface area (TPSA) is 63.5 Å². The van der Waals surface area contributed by atoms with Crippen molar-refractivity contribution in [2.75, 3.05) is 65.6 Å². The van der Waals surface area contributed by atoms with Crippen LogP contribution in [0.3, 0.4) is 0 Å². The molecule has 0 aromatic heterocycles. The normalized spacial score (nSPS) is 18.2. The van der Waals surface area contributed by atoms with Gasteiger partial charge in [-0.15, -0.1) is 0 Å². The highest BCUT2D eigenvalue weighted by Gasteiger charge is 2.27. The quantitative estimate of drug-likeness (QED) is 0.730. The van der Waals surface area contributed by atoms with E-state index in [1.807, 2.05) is 22.8 Å². The van der Waals surface area contributed by atoms with Crippen molar-refractivity contribution in [3.8, 4) is 5.75 Å². The molecule has 0 bridgehead atoms. The SMILES string of the molecule is Cc1ccc(C(C)C)c(OCC(=O)N2CC[NH+](CC(=O)N3CCOCC3)CC2)c1. The molecule has 1 aromatic carbocycles. The van der Waals surface area contributed by atoms with Gasteiger partial charge in [0.1, 0.15) is 5.75 Å². The molecule has 2 heterocycles. The third-order valence-electron chi connectivity index (χ3n) is 5.73. The Balaban J connectivity index is 1.44. The van der Waals surface area contributed by atoms with Crippen molar-refractivity contribution < 1.29 is 24.0 Å². The molecule has 1 N–H and O–H groups in total. The smallest absolute Gasteiger partial charge is 0.277 e. The minimum Gasteiger partial charge on any atom is -0.483 e. The molecule has 0 spiro atoms. The number of carbonyl (C=O) groups is 2. The van der Waals surface area contributed by atoms with Gasteiger partial charge in [0.2, 0.25) is 0 Å². The molecule has 1 aromatic rings. The van der Waals surface area contributed by atoms with E-state index in [-0.39, 0.29) is 18.4 Å². The van der Waals surface area contributed by atoms with Gasteiger partial charge in [-0.1, -0.05) is 26.0 Å². The Morgan fingerprint density at radius 3 is 2.38 bits per heavy atom. The first-order valence-corrected chi connectivity index (χ1v) is 10.6. The first kappa shape index (κ1) is 21.6. The number of benzene rings is 1. The predicted molar refractivity (Wildman–Crippen MR) is 110 cm³/mol. The number of aryl methyl sites for hydroxylation is 1. The molecule has 2 aliphatic heterocycles. The van der Waals surface area contributed by atoms with E-state index in [1.165, 1.54) is 4.90 Å². The van der Waals surface area contributed by atoms with Gasteiger partial charge < -0.3 is 24.2 Å². The fourth-order valence-corrected chi connectivity index (χ4v) is 3.86. The third kappa shape index (κ3) is 5.93. The highest BCUT2D eigenvalue weighted by atomic mass is 16.5. The Kier molecular flexibility index (Phi) is 7.50. The predicted octanol–water partition coefficient (Wildman–Crippen LogP) is 0.0831. The van der Waals surface area contributed by atoms with E-state index in [2.05, 4.69) is 26.0 Å². The maximum absolute atomic E-state index is 12.6. The second-order valence-corrected chi connectivity index (χ2v) is 8.29. The molecule has 2 aliphatic rings. The number of morpholine rings is 1. The molecular weight excluding hydrogens is 370 g/mol. The molecule has 0 atom stereocenters. The number of hydrogen-bond donors (Lipinski definition) is 1. The van der Waals surface area contributed by atoms with E-state index in [0.29, 0.717) is 51.9 Å². The number of rotatable bonds is 6. The Morgan fingerprint density at radius 2 is 1.72 bits per heavy atom. The standard InChI is InChI=1S/C22H33N3O4/c1-17(2)19-5-4-18(3)14-20(19)29-16-22(27)24-8-6-23(7-9-24)15-21(26)25-10-12-28-13-11-25/h4-5,14,17H,6-13,15-16H2,1-3H3/p+1. The van der Waals surface area contributed by atoms with E-state index in [1.54, 1.807) is 0 Å². The van der Waals surface area contributed by atoms with Crippen molar-refractivity contribution in [3.05, 3.63) is 29.3 Å². The van der Waals surface area contributed by atoms with Gasteiger partial charge in [0.05, 0.1) is 39.4 Å². The fraction of sp³-hybridized carbons (Fsp3) is 0.636. The summed E-state index contributed by atoms with van der Waals surface area (Å²) in [6.07, 6.45) is 0. The van der Waals surface area contributed by atoms with Crippen LogP contribution in [0.4, 0.5) is 0 Å². The zero-order chi connectivity index (χ0) is 20.8. The van der Waals surface area contributed by atoms with Gasteiger partial charge in [-0.3, -0.25) is 9.59 Å². The monoisotopic (exact) mass is 404 g/mol. The number of quaternary nitrogens is 1. The highest BCUT2D eigenvalue weighted by molar-refractivity contribution is 5.78. The third-order valence-corrected chi connectivity index (χ3v) is 5.73. The van der Waals surface area contributed by atoms with Gasteiger partial charge in [-0.2, -0.15) is 0 Å². The molecule has 0 radical (unpaired) electrons. The van der Waals surface area contributed by atoms with Gasteiger partial charge in [0.25, 0.3) is 11.8 Å². The lowest BCUT2D eigenvalue weighted by Crippen LogP contribution is -3.15. The van der Waals surface area contributed by atoms with Crippen molar-refractivity contribution >= 4 is 11.8 Å². The van der Waals surface area contributed by atoms with Crippen molar-refractivity contribution in [2.45, 2.75) is 26.7 Å². The summed E-state index contributed by atoms with van der Waals surface area (Å²) in [5, 5.41) is 0. The van der Waals surface area contributed by atoms with Gasteiger partial charge in [0.15, 0.2) is 13.2 Å². The summed E-state index contributed by atoms with van der Waals surface area (Å²) in [5.74, 6) is 1.34. The van der Waals surface area contributed by atoms with Gasteiger partial charge in [-0.05, 0) is 30.0 Å². The van der Waals surface area contributed by atoms with Crippen LogP contribution in [0.5, 0.6) is 5.75 Å².